The Bertz CT molecular complexity index is 470. The van der Waals surface area contributed by atoms with E-state index in [1.54, 1.807) is 24.3 Å². The molecule has 0 heterocycles. The summed E-state index contributed by atoms with van der Waals surface area (Å²) in [6.45, 7) is 5.94. The molecule has 2 atom stereocenters. The van der Waals surface area contributed by atoms with Gasteiger partial charge in [0.1, 0.15) is 0 Å². The quantitative estimate of drug-likeness (QED) is 0.812. The first kappa shape index (κ1) is 15.7. The molecule has 1 aromatic rings. The molecule has 0 bridgehead atoms. The Labute approximate surface area is 118 Å². The summed E-state index contributed by atoms with van der Waals surface area (Å²) in [7, 11) is -3.42. The Hall–Kier alpha value is -0.390. The van der Waals surface area contributed by atoms with Crippen LogP contribution in [0.15, 0.2) is 29.2 Å². The van der Waals surface area contributed by atoms with E-state index in [0.717, 1.165) is 18.4 Å². The Morgan fingerprint density at radius 3 is 2.17 bits per heavy atom. The average Bonchev–Trinajstić information content (AvgIpc) is 2.35. The summed E-state index contributed by atoms with van der Waals surface area (Å²) < 4.78 is 27.2. The van der Waals surface area contributed by atoms with Gasteiger partial charge in [0.25, 0.3) is 0 Å². The van der Waals surface area contributed by atoms with Gasteiger partial charge in [-0.3, -0.25) is 0 Å². The molecule has 102 valence electrons. The highest BCUT2D eigenvalue weighted by Crippen LogP contribution is 2.17. The molecule has 1 aromatic carbocycles. The van der Waals surface area contributed by atoms with E-state index < -0.39 is 10.0 Å². The van der Waals surface area contributed by atoms with Crippen LogP contribution in [0, 0.1) is 6.92 Å². The van der Waals surface area contributed by atoms with Crippen molar-refractivity contribution in [2.75, 3.05) is 0 Å². The molecule has 0 amide bonds. The lowest BCUT2D eigenvalue weighted by Crippen LogP contribution is -2.40. The first-order chi connectivity index (χ1) is 8.40. The van der Waals surface area contributed by atoms with E-state index in [1.807, 2.05) is 20.8 Å². The number of nitrogens with one attached hydrogen (secondary N) is 1. The molecule has 0 unspecified atom stereocenters. The normalized spacial score (nSPS) is 15.3. The number of sulfonamides is 1. The van der Waals surface area contributed by atoms with Crippen LogP contribution in [0.25, 0.3) is 0 Å². The van der Waals surface area contributed by atoms with Crippen LogP contribution in [0.3, 0.4) is 0 Å². The van der Waals surface area contributed by atoms with Gasteiger partial charge in [0.05, 0.1) is 4.90 Å². The molecule has 0 saturated heterocycles. The maximum atomic E-state index is 12.2. The zero-order chi connectivity index (χ0) is 13.8. The maximum absolute atomic E-state index is 12.2. The second-order valence-electron chi connectivity index (χ2n) is 4.37. The standard InChI is InChI=1S/C13H20BrNO2S/c1-4-12(14)13(5-2)15-18(16,17)11-8-6-10(3)7-9-11/h6-9,12-13,15H,4-5H2,1-3H3/t12-,13-/m1/s1. The average molecular weight is 334 g/mol. The second-order valence-corrected chi connectivity index (χ2v) is 7.26. The highest BCUT2D eigenvalue weighted by Gasteiger charge is 2.23. The summed E-state index contributed by atoms with van der Waals surface area (Å²) in [5, 5.41) is 0. The third kappa shape index (κ3) is 4.07. The number of alkyl halides is 1. The van der Waals surface area contributed by atoms with Crippen molar-refractivity contribution in [2.24, 2.45) is 0 Å². The fourth-order valence-electron chi connectivity index (χ4n) is 1.68. The van der Waals surface area contributed by atoms with E-state index in [9.17, 15) is 8.42 Å². The predicted octanol–water partition coefficient (Wildman–Crippen LogP) is 3.23. The Balaban J connectivity index is 2.90. The van der Waals surface area contributed by atoms with Crippen molar-refractivity contribution < 1.29 is 8.42 Å². The number of halogens is 1. The number of hydrogen-bond acceptors (Lipinski definition) is 2. The first-order valence-corrected chi connectivity index (χ1v) is 8.53. The van der Waals surface area contributed by atoms with Gasteiger partial charge >= 0.3 is 0 Å². The molecule has 1 rings (SSSR count). The number of aryl methyl sites for hydroxylation is 1. The Kier molecular flexibility index (Phi) is 5.82. The van der Waals surface area contributed by atoms with Crippen LogP contribution < -0.4 is 4.72 Å². The van der Waals surface area contributed by atoms with Crippen molar-refractivity contribution in [1.82, 2.24) is 4.72 Å². The van der Waals surface area contributed by atoms with Gasteiger partial charge in [-0.05, 0) is 31.9 Å². The number of benzene rings is 1. The smallest absolute Gasteiger partial charge is 0.207 e. The molecule has 0 aliphatic carbocycles. The minimum atomic E-state index is -3.42. The molecule has 0 fully saturated rings. The summed E-state index contributed by atoms with van der Waals surface area (Å²) in [6, 6.07) is 6.81. The molecule has 1 N–H and O–H groups in total. The van der Waals surface area contributed by atoms with Crippen molar-refractivity contribution >= 4 is 26.0 Å². The van der Waals surface area contributed by atoms with Crippen molar-refractivity contribution in [3.8, 4) is 0 Å². The minimum Gasteiger partial charge on any atom is -0.207 e. The molecule has 3 nitrogen and oxygen atoms in total. The number of hydrogen-bond donors (Lipinski definition) is 1. The van der Waals surface area contributed by atoms with Crippen LogP contribution in [0.5, 0.6) is 0 Å². The molecular weight excluding hydrogens is 314 g/mol. The number of rotatable bonds is 6. The largest absolute Gasteiger partial charge is 0.240 e. The van der Waals surface area contributed by atoms with Crippen LogP contribution in [-0.4, -0.2) is 19.3 Å². The van der Waals surface area contributed by atoms with Gasteiger partial charge in [-0.1, -0.05) is 47.5 Å². The summed E-state index contributed by atoms with van der Waals surface area (Å²) in [4.78, 5) is 0.477. The lowest BCUT2D eigenvalue weighted by atomic mass is 10.1. The van der Waals surface area contributed by atoms with Crippen LogP contribution in [0.2, 0.25) is 0 Å². The van der Waals surface area contributed by atoms with Gasteiger partial charge < -0.3 is 0 Å². The van der Waals surface area contributed by atoms with Crippen LogP contribution in [-0.2, 0) is 10.0 Å². The van der Waals surface area contributed by atoms with Crippen LogP contribution in [0.1, 0.15) is 32.3 Å². The monoisotopic (exact) mass is 333 g/mol. The second kappa shape index (κ2) is 6.68. The lowest BCUT2D eigenvalue weighted by molar-refractivity contribution is 0.524. The van der Waals surface area contributed by atoms with Gasteiger partial charge in [-0.2, -0.15) is 0 Å². The van der Waals surface area contributed by atoms with E-state index in [1.165, 1.54) is 0 Å². The van der Waals surface area contributed by atoms with E-state index in [-0.39, 0.29) is 10.9 Å². The van der Waals surface area contributed by atoms with Crippen molar-refractivity contribution in [1.29, 1.82) is 0 Å². The zero-order valence-electron chi connectivity index (χ0n) is 11.0. The molecular formula is C13H20BrNO2S. The van der Waals surface area contributed by atoms with Gasteiger partial charge in [0.15, 0.2) is 0 Å². The Morgan fingerprint density at radius 1 is 1.17 bits per heavy atom. The van der Waals surface area contributed by atoms with Gasteiger partial charge in [0, 0.05) is 10.9 Å². The maximum Gasteiger partial charge on any atom is 0.240 e. The van der Waals surface area contributed by atoms with E-state index >= 15 is 0 Å². The zero-order valence-corrected chi connectivity index (χ0v) is 13.4. The molecule has 0 spiro atoms. The van der Waals surface area contributed by atoms with Gasteiger partial charge in [-0.25, -0.2) is 13.1 Å². The van der Waals surface area contributed by atoms with Crippen molar-refractivity contribution in [3.63, 3.8) is 0 Å². The third-order valence-corrected chi connectivity index (χ3v) is 5.70. The van der Waals surface area contributed by atoms with Crippen molar-refractivity contribution in [2.45, 2.75) is 49.4 Å². The molecule has 0 radical (unpaired) electrons. The summed E-state index contributed by atoms with van der Waals surface area (Å²) in [5.41, 5.74) is 1.05. The highest BCUT2D eigenvalue weighted by atomic mass is 79.9. The summed E-state index contributed by atoms with van der Waals surface area (Å²) in [6.07, 6.45) is 1.64. The predicted molar refractivity (Wildman–Crippen MR) is 78.6 cm³/mol. The summed E-state index contributed by atoms with van der Waals surface area (Å²) in [5.74, 6) is 0. The van der Waals surface area contributed by atoms with Crippen LogP contribution in [0.4, 0.5) is 0 Å². The van der Waals surface area contributed by atoms with E-state index in [4.69, 9.17) is 0 Å². The fraction of sp³-hybridized carbons (Fsp3) is 0.538. The SMILES string of the molecule is CC[C@@H](Br)[C@@H](CC)NS(=O)(=O)c1ccc(C)cc1. The van der Waals surface area contributed by atoms with Gasteiger partial charge in [0.2, 0.25) is 10.0 Å². The minimum absolute atomic E-state index is 0.0821. The molecule has 0 aromatic heterocycles. The lowest BCUT2D eigenvalue weighted by Gasteiger charge is -2.21. The molecule has 0 aliphatic rings. The molecule has 0 saturated carbocycles. The topological polar surface area (TPSA) is 46.2 Å². The molecule has 5 heteroatoms. The van der Waals surface area contributed by atoms with Crippen molar-refractivity contribution in [3.05, 3.63) is 29.8 Å². The van der Waals surface area contributed by atoms with Gasteiger partial charge in [-0.15, -0.1) is 0 Å². The molecule has 0 aliphatic heterocycles. The molecule has 18 heavy (non-hydrogen) atoms. The highest BCUT2D eigenvalue weighted by molar-refractivity contribution is 9.09. The Morgan fingerprint density at radius 2 is 1.72 bits per heavy atom. The van der Waals surface area contributed by atoms with Crippen LogP contribution >= 0.6 is 15.9 Å². The fourth-order valence-corrected chi connectivity index (χ4v) is 3.72. The van der Waals surface area contributed by atoms with E-state index in [0.29, 0.717) is 4.90 Å². The third-order valence-electron chi connectivity index (χ3n) is 2.90. The van der Waals surface area contributed by atoms with E-state index in [2.05, 4.69) is 20.7 Å². The first-order valence-electron chi connectivity index (χ1n) is 6.13. The summed E-state index contributed by atoms with van der Waals surface area (Å²) >= 11 is 3.51.